The fourth-order valence-electron chi connectivity index (χ4n) is 5.06. The van der Waals surface area contributed by atoms with E-state index in [9.17, 15) is 29.1 Å². The largest absolute Gasteiger partial charge is 0.478 e. The molecule has 13 heteroatoms. The molecule has 1 fully saturated rings. The molecule has 2 atom stereocenters. The number of aromatic carboxylic acids is 1. The van der Waals surface area contributed by atoms with E-state index >= 15 is 0 Å². The number of hydrogen-bond acceptors (Lipinski definition) is 8. The van der Waals surface area contributed by atoms with Gasteiger partial charge in [0.1, 0.15) is 23.2 Å². The lowest BCUT2D eigenvalue weighted by Crippen LogP contribution is -2.59. The van der Waals surface area contributed by atoms with Gasteiger partial charge in [-0.25, -0.2) is 9.59 Å². The third-order valence-electron chi connectivity index (χ3n) is 6.97. The maximum absolute atomic E-state index is 13.7. The molecule has 0 radical (unpaired) electrons. The first kappa shape index (κ1) is 35.3. The second kappa shape index (κ2) is 15.0. The van der Waals surface area contributed by atoms with Crippen molar-refractivity contribution >= 4 is 41.2 Å². The molecule has 1 aromatic heterocycles. The van der Waals surface area contributed by atoms with Crippen LogP contribution < -0.4 is 27.0 Å². The Hall–Kier alpha value is -3.90. The molecule has 0 aromatic carbocycles. The Morgan fingerprint density at radius 2 is 1.63 bits per heavy atom. The Labute approximate surface area is 253 Å². The molecular weight excluding hydrogens is 556 g/mol. The number of hydrogen-bond donors (Lipinski definition) is 6. The number of amides is 4. The number of carboxylic acids is 1. The Morgan fingerprint density at radius 1 is 1.00 bits per heavy atom. The quantitative estimate of drug-likeness (QED) is 0.206. The third-order valence-corrected chi connectivity index (χ3v) is 6.97. The van der Waals surface area contributed by atoms with E-state index < -0.39 is 53.0 Å². The van der Waals surface area contributed by atoms with E-state index in [-0.39, 0.29) is 35.2 Å². The smallest absolute Gasteiger partial charge is 0.408 e. The number of carbonyl (C=O) groups is 5. The van der Waals surface area contributed by atoms with Crippen molar-refractivity contribution in [3.63, 3.8) is 0 Å². The van der Waals surface area contributed by atoms with Crippen LogP contribution >= 0.6 is 0 Å². The van der Waals surface area contributed by atoms with Crippen LogP contribution in [0.2, 0.25) is 0 Å². The van der Waals surface area contributed by atoms with Crippen LogP contribution in [0.4, 0.5) is 16.2 Å². The topological polar surface area (TPSA) is 202 Å². The molecule has 43 heavy (non-hydrogen) atoms. The summed E-state index contributed by atoms with van der Waals surface area (Å²) in [4.78, 5) is 67.7. The minimum absolute atomic E-state index is 0.0491. The van der Waals surface area contributed by atoms with Crippen molar-refractivity contribution in [2.45, 2.75) is 117 Å². The normalized spacial score (nSPS) is 15.6. The van der Waals surface area contributed by atoms with Gasteiger partial charge in [-0.2, -0.15) is 0 Å². The van der Waals surface area contributed by atoms with Crippen molar-refractivity contribution < 1.29 is 33.8 Å². The van der Waals surface area contributed by atoms with Gasteiger partial charge < -0.3 is 36.8 Å². The number of carboxylic acid groups (broad SMARTS) is 1. The third kappa shape index (κ3) is 11.7. The average Bonchev–Trinajstić information content (AvgIpc) is 2.86. The van der Waals surface area contributed by atoms with Crippen molar-refractivity contribution in [1.82, 2.24) is 20.9 Å². The van der Waals surface area contributed by atoms with Gasteiger partial charge >= 0.3 is 12.1 Å². The first-order chi connectivity index (χ1) is 19.9. The predicted molar refractivity (Wildman–Crippen MR) is 162 cm³/mol. The fraction of sp³-hybridized carbons (Fsp3) is 0.667. The van der Waals surface area contributed by atoms with Crippen molar-refractivity contribution in [1.29, 1.82) is 0 Å². The highest BCUT2D eigenvalue weighted by atomic mass is 16.6. The fourth-order valence-corrected chi connectivity index (χ4v) is 5.06. The van der Waals surface area contributed by atoms with E-state index in [1.165, 1.54) is 6.20 Å². The second-order valence-electron chi connectivity index (χ2n) is 13.3. The summed E-state index contributed by atoms with van der Waals surface area (Å²) in [5, 5.41) is 20.3. The van der Waals surface area contributed by atoms with Crippen LogP contribution in [-0.2, 0) is 19.1 Å². The number of nitrogen functional groups attached to an aromatic ring is 1. The van der Waals surface area contributed by atoms with E-state index in [0.717, 1.165) is 38.3 Å². The summed E-state index contributed by atoms with van der Waals surface area (Å²) in [5.74, 6) is -2.76. The molecule has 0 bridgehead atoms. The average molecular weight is 605 g/mol. The lowest BCUT2D eigenvalue weighted by Gasteiger charge is -2.34. The van der Waals surface area contributed by atoms with Gasteiger partial charge in [0.05, 0.1) is 17.6 Å². The number of pyridine rings is 1. The van der Waals surface area contributed by atoms with E-state index in [1.54, 1.807) is 34.6 Å². The summed E-state index contributed by atoms with van der Waals surface area (Å²) < 4.78 is 5.35. The lowest BCUT2D eigenvalue weighted by molar-refractivity contribution is -0.133. The van der Waals surface area contributed by atoms with E-state index in [1.807, 2.05) is 13.8 Å². The molecule has 13 nitrogen and oxygen atoms in total. The minimum Gasteiger partial charge on any atom is -0.478 e. The van der Waals surface area contributed by atoms with Crippen LogP contribution in [0.5, 0.6) is 0 Å². The maximum Gasteiger partial charge on any atom is 0.408 e. The molecule has 240 valence electrons. The first-order valence-corrected chi connectivity index (χ1v) is 14.8. The van der Waals surface area contributed by atoms with Crippen molar-refractivity contribution in [2.75, 3.05) is 11.1 Å². The summed E-state index contributed by atoms with van der Waals surface area (Å²) in [6.45, 7) is 12.4. The molecule has 1 aromatic rings. The minimum atomic E-state index is -1.28. The Balaban J connectivity index is 2.18. The molecule has 2 rings (SSSR count). The molecular formula is C30H48N6O7. The zero-order valence-corrected chi connectivity index (χ0v) is 26.3. The SMILES string of the molecule is CC(C)C[C@H](NC(=O)OC(C)(C)C)C(=O)N[C@H](C(=O)NC(C)(C)CC(=O)Nc1cncc(C(=O)O)c1N)C1CCCCC1. The second-order valence-corrected chi connectivity index (χ2v) is 13.3. The van der Waals surface area contributed by atoms with Gasteiger partial charge in [-0.15, -0.1) is 0 Å². The molecule has 4 amide bonds. The lowest BCUT2D eigenvalue weighted by atomic mass is 9.83. The Bertz CT molecular complexity index is 1170. The highest BCUT2D eigenvalue weighted by Crippen LogP contribution is 2.28. The van der Waals surface area contributed by atoms with Crippen LogP contribution in [-0.4, -0.2) is 63.1 Å². The molecule has 1 saturated carbocycles. The van der Waals surface area contributed by atoms with Gasteiger partial charge in [0, 0.05) is 18.2 Å². The molecule has 0 spiro atoms. The number of anilines is 2. The number of rotatable bonds is 12. The molecule has 0 unspecified atom stereocenters. The number of ether oxygens (including phenoxy) is 1. The van der Waals surface area contributed by atoms with Gasteiger partial charge in [0.25, 0.3) is 0 Å². The van der Waals surface area contributed by atoms with Crippen LogP contribution in [0.1, 0.15) is 104 Å². The van der Waals surface area contributed by atoms with E-state index in [4.69, 9.17) is 10.5 Å². The standard InChI is InChI=1S/C30H48N6O7/c1-17(2)13-20(34-28(42)43-29(3,4)5)25(38)35-24(18-11-9-8-10-12-18)26(39)36-30(6,7)14-22(37)33-21-16-32-15-19(23(21)31)27(40)41/h15-18,20,24H,8-14H2,1-7H3,(H2,31,32)(H,33,37)(H,34,42)(H,35,38)(H,36,39)(H,40,41)/t20-,24-/m0/s1. The monoisotopic (exact) mass is 604 g/mol. The van der Waals surface area contributed by atoms with Crippen molar-refractivity contribution in [3.8, 4) is 0 Å². The van der Waals surface area contributed by atoms with Gasteiger partial charge in [0.2, 0.25) is 17.7 Å². The Kier molecular flexibility index (Phi) is 12.3. The highest BCUT2D eigenvalue weighted by Gasteiger charge is 2.36. The number of nitrogens with one attached hydrogen (secondary N) is 4. The number of nitrogens with two attached hydrogens (primary N) is 1. The number of carbonyl (C=O) groups excluding carboxylic acids is 4. The van der Waals surface area contributed by atoms with Crippen LogP contribution in [0.25, 0.3) is 0 Å². The molecule has 1 aliphatic rings. The van der Waals surface area contributed by atoms with Crippen LogP contribution in [0.15, 0.2) is 12.4 Å². The van der Waals surface area contributed by atoms with Gasteiger partial charge in [-0.3, -0.25) is 19.4 Å². The molecule has 1 heterocycles. The summed E-state index contributed by atoms with van der Waals surface area (Å²) in [5.41, 5.74) is 3.77. The van der Waals surface area contributed by atoms with Crippen LogP contribution in [0, 0.1) is 11.8 Å². The van der Waals surface area contributed by atoms with Gasteiger partial charge in [0.15, 0.2) is 0 Å². The molecule has 0 aliphatic heterocycles. The summed E-state index contributed by atoms with van der Waals surface area (Å²) >= 11 is 0. The number of alkyl carbamates (subject to hydrolysis) is 1. The van der Waals surface area contributed by atoms with Gasteiger partial charge in [-0.1, -0.05) is 33.1 Å². The van der Waals surface area contributed by atoms with Crippen LogP contribution in [0.3, 0.4) is 0 Å². The number of aromatic nitrogens is 1. The number of nitrogens with zero attached hydrogens (tertiary/aromatic N) is 1. The molecule has 7 N–H and O–H groups in total. The van der Waals surface area contributed by atoms with E-state index in [0.29, 0.717) is 6.42 Å². The Morgan fingerprint density at radius 3 is 2.19 bits per heavy atom. The first-order valence-electron chi connectivity index (χ1n) is 14.8. The van der Waals surface area contributed by atoms with Gasteiger partial charge in [-0.05, 0) is 65.7 Å². The molecule has 1 aliphatic carbocycles. The molecule has 0 saturated heterocycles. The summed E-state index contributed by atoms with van der Waals surface area (Å²) in [7, 11) is 0. The maximum atomic E-state index is 13.7. The summed E-state index contributed by atoms with van der Waals surface area (Å²) in [6.07, 6.45) is 6.18. The summed E-state index contributed by atoms with van der Waals surface area (Å²) in [6, 6.07) is -1.79. The van der Waals surface area contributed by atoms with E-state index in [2.05, 4.69) is 26.3 Å². The predicted octanol–water partition coefficient (Wildman–Crippen LogP) is 3.59. The highest BCUT2D eigenvalue weighted by molar-refractivity contribution is 6.01. The zero-order valence-electron chi connectivity index (χ0n) is 26.3. The van der Waals surface area contributed by atoms with Crippen molar-refractivity contribution in [2.24, 2.45) is 11.8 Å². The zero-order chi connectivity index (χ0) is 32.5. The van der Waals surface area contributed by atoms with Crippen molar-refractivity contribution in [3.05, 3.63) is 18.0 Å².